The van der Waals surface area contributed by atoms with Crippen molar-refractivity contribution in [2.45, 2.75) is 32.1 Å². The lowest BCUT2D eigenvalue weighted by molar-refractivity contribution is 0.317. The number of anilines is 3. The molecule has 0 radical (unpaired) electrons. The van der Waals surface area contributed by atoms with E-state index in [1.165, 1.54) is 0 Å². The molecule has 1 fully saturated rings. The van der Waals surface area contributed by atoms with E-state index in [2.05, 4.69) is 22.2 Å². The molecule has 0 bridgehead atoms. The fraction of sp³-hybridized carbons (Fsp3) is 0.375. The van der Waals surface area contributed by atoms with Crippen molar-refractivity contribution in [3.8, 4) is 5.75 Å². The molecule has 3 rings (SSSR count). The Balaban J connectivity index is 1.70. The lowest BCUT2D eigenvalue weighted by atomic mass is 10.3. The molecule has 1 heterocycles. The molecule has 1 aromatic carbocycles. The second-order valence-corrected chi connectivity index (χ2v) is 5.31. The third-order valence-corrected chi connectivity index (χ3v) is 3.31. The molecule has 5 heteroatoms. The van der Waals surface area contributed by atoms with Crippen molar-refractivity contribution < 1.29 is 4.74 Å². The van der Waals surface area contributed by atoms with Crippen LogP contribution in [0, 0.1) is 0 Å². The molecule has 0 saturated heterocycles. The van der Waals surface area contributed by atoms with Crippen LogP contribution in [0.15, 0.2) is 30.3 Å². The average molecular weight is 284 g/mol. The smallest absolute Gasteiger partial charge is 0.136 e. The zero-order valence-electron chi connectivity index (χ0n) is 12.2. The summed E-state index contributed by atoms with van der Waals surface area (Å²) in [5, 5.41) is 3.26. The van der Waals surface area contributed by atoms with Crippen LogP contribution in [0.5, 0.6) is 5.75 Å². The number of hydrogen-bond acceptors (Lipinski definition) is 5. The molecule has 1 saturated carbocycles. The molecule has 0 amide bonds. The van der Waals surface area contributed by atoms with Crippen molar-refractivity contribution in [1.29, 1.82) is 0 Å². The maximum absolute atomic E-state index is 5.85. The highest BCUT2D eigenvalue weighted by Crippen LogP contribution is 2.38. The van der Waals surface area contributed by atoms with Gasteiger partial charge in [-0.1, -0.05) is 6.92 Å². The third kappa shape index (κ3) is 3.62. The van der Waals surface area contributed by atoms with E-state index in [-0.39, 0.29) is 0 Å². The maximum Gasteiger partial charge on any atom is 0.136 e. The summed E-state index contributed by atoms with van der Waals surface area (Å²) in [6, 6.07) is 9.60. The van der Waals surface area contributed by atoms with E-state index in [9.17, 15) is 0 Å². The standard InChI is InChI=1S/C16H20N4O/c1-2-9-21-13-7-5-12(6-8-13)18-15-10-14(17)19-16(20-15)11-3-4-11/h5-8,10-11H,2-4,9H2,1H3,(H3,17,18,19,20). The van der Waals surface area contributed by atoms with Crippen LogP contribution in [0.1, 0.15) is 37.9 Å². The number of nitrogen functional groups attached to an aromatic ring is 1. The van der Waals surface area contributed by atoms with Crippen molar-refractivity contribution >= 4 is 17.3 Å². The maximum atomic E-state index is 5.85. The summed E-state index contributed by atoms with van der Waals surface area (Å²) >= 11 is 0. The average Bonchev–Trinajstić information content (AvgIpc) is 3.30. The molecule has 0 unspecified atom stereocenters. The van der Waals surface area contributed by atoms with Gasteiger partial charge >= 0.3 is 0 Å². The van der Waals surface area contributed by atoms with Crippen LogP contribution in [0.2, 0.25) is 0 Å². The van der Waals surface area contributed by atoms with Gasteiger partial charge in [0.2, 0.25) is 0 Å². The summed E-state index contributed by atoms with van der Waals surface area (Å²) < 4.78 is 5.56. The van der Waals surface area contributed by atoms with E-state index >= 15 is 0 Å². The van der Waals surface area contributed by atoms with Gasteiger partial charge in [-0.25, -0.2) is 9.97 Å². The molecule has 0 spiro atoms. The van der Waals surface area contributed by atoms with Gasteiger partial charge in [0.1, 0.15) is 23.2 Å². The molecule has 0 atom stereocenters. The summed E-state index contributed by atoms with van der Waals surface area (Å²) in [6.45, 7) is 2.83. The molecule has 2 aromatic rings. The Hall–Kier alpha value is -2.30. The monoisotopic (exact) mass is 284 g/mol. The minimum Gasteiger partial charge on any atom is -0.494 e. The molecule has 21 heavy (non-hydrogen) atoms. The number of nitrogens with one attached hydrogen (secondary N) is 1. The second kappa shape index (κ2) is 5.99. The highest BCUT2D eigenvalue weighted by atomic mass is 16.5. The van der Waals surface area contributed by atoms with Crippen molar-refractivity contribution in [3.05, 3.63) is 36.2 Å². The molecule has 3 N–H and O–H groups in total. The van der Waals surface area contributed by atoms with Gasteiger partial charge in [0.25, 0.3) is 0 Å². The summed E-state index contributed by atoms with van der Waals surface area (Å²) in [5.74, 6) is 3.46. The van der Waals surface area contributed by atoms with Crippen LogP contribution >= 0.6 is 0 Å². The van der Waals surface area contributed by atoms with E-state index in [4.69, 9.17) is 10.5 Å². The Labute approximate surface area is 124 Å². The zero-order chi connectivity index (χ0) is 14.7. The van der Waals surface area contributed by atoms with Crippen LogP contribution in [-0.4, -0.2) is 16.6 Å². The molecule has 5 nitrogen and oxygen atoms in total. The minimum atomic E-state index is 0.485. The topological polar surface area (TPSA) is 73.1 Å². The number of hydrogen-bond donors (Lipinski definition) is 2. The molecule has 1 aliphatic rings. The molecular weight excluding hydrogens is 264 g/mol. The van der Waals surface area contributed by atoms with Crippen LogP contribution in [0.25, 0.3) is 0 Å². The van der Waals surface area contributed by atoms with Gasteiger partial charge in [-0.2, -0.15) is 0 Å². The predicted molar refractivity (Wildman–Crippen MR) is 83.9 cm³/mol. The van der Waals surface area contributed by atoms with Gasteiger partial charge in [0, 0.05) is 17.7 Å². The highest BCUT2D eigenvalue weighted by molar-refractivity contribution is 5.59. The first-order chi connectivity index (χ1) is 10.2. The summed E-state index contributed by atoms with van der Waals surface area (Å²) in [5.41, 5.74) is 6.80. The molecule has 110 valence electrons. The quantitative estimate of drug-likeness (QED) is 0.849. The highest BCUT2D eigenvalue weighted by Gasteiger charge is 2.27. The largest absolute Gasteiger partial charge is 0.494 e. The van der Waals surface area contributed by atoms with Crippen LogP contribution in [0.3, 0.4) is 0 Å². The summed E-state index contributed by atoms with van der Waals surface area (Å²) in [7, 11) is 0. The van der Waals surface area contributed by atoms with Crippen molar-refractivity contribution in [1.82, 2.24) is 9.97 Å². The fourth-order valence-corrected chi connectivity index (χ4v) is 2.08. The Kier molecular flexibility index (Phi) is 3.90. The number of ether oxygens (including phenoxy) is 1. The fourth-order valence-electron chi connectivity index (χ4n) is 2.08. The molecule has 0 aliphatic heterocycles. The van der Waals surface area contributed by atoms with E-state index in [0.717, 1.165) is 48.9 Å². The van der Waals surface area contributed by atoms with Gasteiger partial charge in [-0.15, -0.1) is 0 Å². The second-order valence-electron chi connectivity index (χ2n) is 5.31. The van der Waals surface area contributed by atoms with Gasteiger partial charge in [0.15, 0.2) is 0 Å². The Morgan fingerprint density at radius 2 is 2.00 bits per heavy atom. The first kappa shape index (κ1) is 13.7. The number of benzene rings is 1. The van der Waals surface area contributed by atoms with E-state index < -0.39 is 0 Å². The van der Waals surface area contributed by atoms with Gasteiger partial charge in [0.05, 0.1) is 6.61 Å². The van der Waals surface area contributed by atoms with Crippen molar-refractivity contribution in [3.63, 3.8) is 0 Å². The first-order valence-corrected chi connectivity index (χ1v) is 7.39. The molecule has 1 aliphatic carbocycles. The third-order valence-electron chi connectivity index (χ3n) is 3.31. The van der Waals surface area contributed by atoms with Crippen LogP contribution in [-0.2, 0) is 0 Å². The number of nitrogens with two attached hydrogens (primary N) is 1. The van der Waals surface area contributed by atoms with E-state index in [1.54, 1.807) is 6.07 Å². The molecular formula is C16H20N4O. The lowest BCUT2D eigenvalue weighted by Crippen LogP contribution is -2.02. The van der Waals surface area contributed by atoms with Crippen molar-refractivity contribution in [2.75, 3.05) is 17.7 Å². The zero-order valence-corrected chi connectivity index (χ0v) is 12.2. The van der Waals surface area contributed by atoms with E-state index in [1.807, 2.05) is 24.3 Å². The van der Waals surface area contributed by atoms with Crippen LogP contribution in [0.4, 0.5) is 17.3 Å². The Bertz CT molecular complexity index is 608. The number of aromatic nitrogens is 2. The normalized spacial score (nSPS) is 14.0. The van der Waals surface area contributed by atoms with E-state index in [0.29, 0.717) is 11.7 Å². The van der Waals surface area contributed by atoms with Crippen LogP contribution < -0.4 is 15.8 Å². The first-order valence-electron chi connectivity index (χ1n) is 7.39. The Morgan fingerprint density at radius 1 is 1.24 bits per heavy atom. The summed E-state index contributed by atoms with van der Waals surface area (Å²) in [6.07, 6.45) is 3.32. The van der Waals surface area contributed by atoms with Gasteiger partial charge in [-0.05, 0) is 43.5 Å². The van der Waals surface area contributed by atoms with Crippen molar-refractivity contribution in [2.24, 2.45) is 0 Å². The van der Waals surface area contributed by atoms with Gasteiger partial charge < -0.3 is 15.8 Å². The minimum absolute atomic E-state index is 0.485. The Morgan fingerprint density at radius 3 is 2.67 bits per heavy atom. The number of rotatable bonds is 6. The summed E-state index contributed by atoms with van der Waals surface area (Å²) in [4.78, 5) is 8.82. The number of nitrogens with zero attached hydrogens (tertiary/aromatic N) is 2. The molecule has 1 aromatic heterocycles. The lowest BCUT2D eigenvalue weighted by Gasteiger charge is -2.09. The van der Waals surface area contributed by atoms with Gasteiger partial charge in [-0.3, -0.25) is 0 Å². The SMILES string of the molecule is CCCOc1ccc(Nc2cc(N)nc(C3CC3)n2)cc1. The predicted octanol–water partition coefficient (Wildman–Crippen LogP) is 3.47.